The van der Waals surface area contributed by atoms with Gasteiger partial charge < -0.3 is 15.2 Å². The molecule has 0 aliphatic heterocycles. The molecule has 7 heteroatoms. The highest BCUT2D eigenvalue weighted by atomic mass is 35.5. The third kappa shape index (κ3) is 4.46. The summed E-state index contributed by atoms with van der Waals surface area (Å²) in [6.45, 7) is -0.400. The standard InChI is InChI=1S/C20H17ClF2N2O2/c1-2-24-19-10-12(14-5-3-4-6-18(14)27-20(22)23)9-16(25-19)15-11-13(21)7-8-17(15)26/h3-11,20,26H,2H2,1H3,(H,24,25). The van der Waals surface area contributed by atoms with E-state index in [2.05, 4.69) is 15.0 Å². The molecule has 0 spiro atoms. The van der Waals surface area contributed by atoms with E-state index in [1.807, 2.05) is 6.92 Å². The third-order valence-electron chi connectivity index (χ3n) is 3.83. The summed E-state index contributed by atoms with van der Waals surface area (Å²) < 4.78 is 30.2. The zero-order chi connectivity index (χ0) is 19.4. The summed E-state index contributed by atoms with van der Waals surface area (Å²) in [5.74, 6) is 0.613. The van der Waals surface area contributed by atoms with Crippen LogP contribution in [0.4, 0.5) is 14.6 Å². The summed E-state index contributed by atoms with van der Waals surface area (Å²) in [7, 11) is 0. The molecule has 2 aromatic carbocycles. The predicted octanol–water partition coefficient (Wildman–Crippen LogP) is 5.81. The lowest BCUT2D eigenvalue weighted by molar-refractivity contribution is -0.0494. The topological polar surface area (TPSA) is 54.4 Å². The van der Waals surface area contributed by atoms with E-state index in [4.69, 9.17) is 11.6 Å². The largest absolute Gasteiger partial charge is 0.507 e. The molecule has 0 fully saturated rings. The van der Waals surface area contributed by atoms with Crippen molar-refractivity contribution < 1.29 is 18.6 Å². The van der Waals surface area contributed by atoms with Crippen LogP contribution in [0.15, 0.2) is 54.6 Å². The minimum absolute atomic E-state index is 0.0172. The number of anilines is 1. The minimum atomic E-state index is -2.93. The van der Waals surface area contributed by atoms with Crippen LogP contribution in [0, 0.1) is 0 Å². The normalized spacial score (nSPS) is 10.9. The van der Waals surface area contributed by atoms with Crippen LogP contribution in [0.1, 0.15) is 6.92 Å². The molecule has 0 atom stereocenters. The summed E-state index contributed by atoms with van der Waals surface area (Å²) in [5, 5.41) is 13.8. The number of nitrogens with zero attached hydrogens (tertiary/aromatic N) is 1. The molecule has 3 rings (SSSR count). The molecule has 27 heavy (non-hydrogen) atoms. The Hall–Kier alpha value is -2.86. The lowest BCUT2D eigenvalue weighted by Gasteiger charge is -2.14. The van der Waals surface area contributed by atoms with Crippen LogP contribution in [-0.2, 0) is 0 Å². The number of ether oxygens (including phenoxy) is 1. The molecule has 0 bridgehead atoms. The first-order valence-corrected chi connectivity index (χ1v) is 8.64. The van der Waals surface area contributed by atoms with Gasteiger partial charge in [-0.2, -0.15) is 8.78 Å². The molecule has 0 saturated carbocycles. The van der Waals surface area contributed by atoms with Gasteiger partial charge in [-0.15, -0.1) is 0 Å². The van der Waals surface area contributed by atoms with E-state index in [0.717, 1.165) is 0 Å². The highest BCUT2D eigenvalue weighted by molar-refractivity contribution is 6.31. The number of hydrogen-bond donors (Lipinski definition) is 2. The summed E-state index contributed by atoms with van der Waals surface area (Å²) in [5.41, 5.74) is 2.00. The molecule has 3 aromatic rings. The Morgan fingerprint density at radius 1 is 1.11 bits per heavy atom. The Kier molecular flexibility index (Phi) is 5.76. The van der Waals surface area contributed by atoms with E-state index in [9.17, 15) is 13.9 Å². The van der Waals surface area contributed by atoms with Crippen LogP contribution < -0.4 is 10.1 Å². The van der Waals surface area contributed by atoms with Gasteiger partial charge in [-0.1, -0.05) is 29.8 Å². The van der Waals surface area contributed by atoms with E-state index < -0.39 is 6.61 Å². The van der Waals surface area contributed by atoms with E-state index in [1.165, 1.54) is 12.1 Å². The van der Waals surface area contributed by atoms with Crippen molar-refractivity contribution in [2.24, 2.45) is 0 Å². The molecule has 2 N–H and O–H groups in total. The minimum Gasteiger partial charge on any atom is -0.507 e. The fourth-order valence-electron chi connectivity index (χ4n) is 2.71. The summed E-state index contributed by atoms with van der Waals surface area (Å²) in [4.78, 5) is 4.49. The molecule has 1 aromatic heterocycles. The van der Waals surface area contributed by atoms with Gasteiger partial charge in [0.25, 0.3) is 0 Å². The Morgan fingerprint density at radius 2 is 1.89 bits per heavy atom. The van der Waals surface area contributed by atoms with Crippen LogP contribution in [0.3, 0.4) is 0 Å². The molecule has 0 radical (unpaired) electrons. The molecule has 0 aliphatic rings. The maximum absolute atomic E-state index is 12.8. The lowest BCUT2D eigenvalue weighted by atomic mass is 10.0. The van der Waals surface area contributed by atoms with Gasteiger partial charge in [0, 0.05) is 22.7 Å². The number of nitrogens with one attached hydrogen (secondary N) is 1. The average molecular weight is 391 g/mol. The fourth-order valence-corrected chi connectivity index (χ4v) is 2.89. The SMILES string of the molecule is CCNc1cc(-c2ccccc2OC(F)F)cc(-c2cc(Cl)ccc2O)n1. The van der Waals surface area contributed by atoms with Crippen molar-refractivity contribution in [3.63, 3.8) is 0 Å². The van der Waals surface area contributed by atoms with E-state index in [1.54, 1.807) is 42.5 Å². The van der Waals surface area contributed by atoms with Crippen molar-refractivity contribution >= 4 is 17.4 Å². The van der Waals surface area contributed by atoms with Crippen LogP contribution >= 0.6 is 11.6 Å². The van der Waals surface area contributed by atoms with Crippen LogP contribution in [0.25, 0.3) is 22.4 Å². The molecular weight excluding hydrogens is 374 g/mol. The number of phenols is 1. The number of aromatic hydroxyl groups is 1. The van der Waals surface area contributed by atoms with Gasteiger partial charge in [0.2, 0.25) is 0 Å². The first-order chi connectivity index (χ1) is 13.0. The molecule has 0 saturated heterocycles. The first-order valence-electron chi connectivity index (χ1n) is 8.27. The molecule has 0 amide bonds. The Labute approximate surface area is 160 Å². The van der Waals surface area contributed by atoms with Crippen LogP contribution in [0.2, 0.25) is 5.02 Å². The number of alkyl halides is 2. The average Bonchev–Trinajstić information content (AvgIpc) is 2.64. The zero-order valence-electron chi connectivity index (χ0n) is 14.4. The van der Waals surface area contributed by atoms with Crippen molar-refractivity contribution in [3.05, 3.63) is 59.6 Å². The summed E-state index contributed by atoms with van der Waals surface area (Å²) in [6.07, 6.45) is 0. The van der Waals surface area contributed by atoms with Gasteiger partial charge >= 0.3 is 6.61 Å². The van der Waals surface area contributed by atoms with Gasteiger partial charge in [0.1, 0.15) is 17.3 Å². The number of hydrogen-bond acceptors (Lipinski definition) is 4. The third-order valence-corrected chi connectivity index (χ3v) is 4.07. The highest BCUT2D eigenvalue weighted by Gasteiger charge is 2.15. The van der Waals surface area contributed by atoms with Gasteiger partial charge in [-0.3, -0.25) is 0 Å². The number of para-hydroxylation sites is 1. The Balaban J connectivity index is 2.17. The number of benzene rings is 2. The van der Waals surface area contributed by atoms with Crippen molar-refractivity contribution in [1.29, 1.82) is 0 Å². The number of aromatic nitrogens is 1. The van der Waals surface area contributed by atoms with Crippen molar-refractivity contribution in [1.82, 2.24) is 4.98 Å². The second-order valence-electron chi connectivity index (χ2n) is 5.69. The Bertz CT molecular complexity index is 951. The van der Waals surface area contributed by atoms with Crippen LogP contribution in [-0.4, -0.2) is 23.2 Å². The highest BCUT2D eigenvalue weighted by Crippen LogP contribution is 2.37. The monoisotopic (exact) mass is 390 g/mol. The van der Waals surface area contributed by atoms with Gasteiger partial charge in [-0.05, 0) is 48.9 Å². The van der Waals surface area contributed by atoms with E-state index in [0.29, 0.717) is 39.8 Å². The van der Waals surface area contributed by atoms with Crippen LogP contribution in [0.5, 0.6) is 11.5 Å². The maximum atomic E-state index is 12.8. The second-order valence-corrected chi connectivity index (χ2v) is 6.13. The molecule has 0 unspecified atom stereocenters. The predicted molar refractivity (Wildman–Crippen MR) is 103 cm³/mol. The second kappa shape index (κ2) is 8.22. The molecule has 4 nitrogen and oxygen atoms in total. The van der Waals surface area contributed by atoms with E-state index >= 15 is 0 Å². The Morgan fingerprint density at radius 3 is 2.63 bits per heavy atom. The quantitative estimate of drug-likeness (QED) is 0.557. The molecular formula is C20H17ClF2N2O2. The maximum Gasteiger partial charge on any atom is 0.387 e. The number of halogens is 3. The fraction of sp³-hybridized carbons (Fsp3) is 0.150. The molecule has 1 heterocycles. The zero-order valence-corrected chi connectivity index (χ0v) is 15.2. The lowest BCUT2D eigenvalue weighted by Crippen LogP contribution is -2.04. The molecule has 0 aliphatic carbocycles. The summed E-state index contributed by atoms with van der Waals surface area (Å²) in [6, 6.07) is 14.6. The van der Waals surface area contributed by atoms with Crippen molar-refractivity contribution in [2.45, 2.75) is 13.5 Å². The van der Waals surface area contributed by atoms with E-state index in [-0.39, 0.29) is 11.5 Å². The van der Waals surface area contributed by atoms with Gasteiger partial charge in [0.15, 0.2) is 0 Å². The molecule has 140 valence electrons. The number of pyridine rings is 1. The van der Waals surface area contributed by atoms with Gasteiger partial charge in [0.05, 0.1) is 5.69 Å². The summed E-state index contributed by atoms with van der Waals surface area (Å²) >= 11 is 6.05. The van der Waals surface area contributed by atoms with Crippen molar-refractivity contribution in [2.75, 3.05) is 11.9 Å². The van der Waals surface area contributed by atoms with Gasteiger partial charge in [-0.25, -0.2) is 4.98 Å². The first kappa shape index (κ1) is 18.9. The number of phenolic OH excluding ortho intramolecular Hbond substituents is 1. The smallest absolute Gasteiger partial charge is 0.387 e. The van der Waals surface area contributed by atoms with Crippen molar-refractivity contribution in [3.8, 4) is 33.9 Å². The number of rotatable bonds is 6.